The van der Waals surface area contributed by atoms with Crippen LogP contribution in [0, 0.1) is 0 Å². The summed E-state index contributed by atoms with van der Waals surface area (Å²) >= 11 is 0. The second-order valence-electron chi connectivity index (χ2n) is 8.15. The summed E-state index contributed by atoms with van der Waals surface area (Å²) in [6, 6.07) is 11.5. The van der Waals surface area contributed by atoms with Crippen molar-refractivity contribution in [3.05, 3.63) is 76.7 Å². The molecule has 2 aromatic heterocycles. The molecule has 1 amide bonds. The predicted octanol–water partition coefficient (Wildman–Crippen LogP) is -0.154. The number of aromatic nitrogens is 1. The zero-order chi connectivity index (χ0) is 27.9. The van der Waals surface area contributed by atoms with Gasteiger partial charge in [0, 0.05) is 43.7 Å². The van der Waals surface area contributed by atoms with Crippen LogP contribution in [0.1, 0.15) is 16.8 Å². The smallest absolute Gasteiger partial charge is 0.323 e. The summed E-state index contributed by atoms with van der Waals surface area (Å²) in [5.74, 6) is -1.77. The molecular formula is C24H28N6O7S. The number of guanidine groups is 1. The minimum atomic E-state index is -4.13. The second-order valence-corrected chi connectivity index (χ2v) is 10.1. The zero-order valence-corrected chi connectivity index (χ0v) is 21.3. The lowest BCUT2D eigenvalue weighted by Gasteiger charge is -2.24. The molecule has 13 nitrogen and oxygen atoms in total. The molecule has 0 fully saturated rings. The first-order valence-corrected chi connectivity index (χ1v) is 12.8. The Morgan fingerprint density at radius 2 is 1.87 bits per heavy atom. The van der Waals surface area contributed by atoms with Crippen LogP contribution in [0.5, 0.6) is 5.75 Å². The number of carboxylic acids is 1. The van der Waals surface area contributed by atoms with Crippen LogP contribution in [-0.2, 0) is 14.8 Å². The number of nitrogens with two attached hydrogens (primary N) is 2. The van der Waals surface area contributed by atoms with Gasteiger partial charge in [0.05, 0.1) is 17.7 Å². The second kappa shape index (κ2) is 12.2. The van der Waals surface area contributed by atoms with Crippen molar-refractivity contribution in [3.63, 3.8) is 0 Å². The molecule has 3 aromatic rings. The van der Waals surface area contributed by atoms with Gasteiger partial charge in [-0.2, -0.15) is 4.31 Å². The fourth-order valence-corrected chi connectivity index (χ4v) is 4.81. The number of fused-ring (bicyclic) bond motifs is 1. The normalized spacial score (nSPS) is 12.2. The maximum absolute atomic E-state index is 12.8. The topological polar surface area (TPSA) is 199 Å². The number of benzene rings is 1. The van der Waals surface area contributed by atoms with Crippen LogP contribution in [-0.4, -0.2) is 72.9 Å². The van der Waals surface area contributed by atoms with Crippen molar-refractivity contribution in [2.45, 2.75) is 17.4 Å². The molecule has 202 valence electrons. The summed E-state index contributed by atoms with van der Waals surface area (Å²) in [6.07, 6.45) is 2.03. The van der Waals surface area contributed by atoms with Gasteiger partial charge in [0.15, 0.2) is 5.96 Å². The van der Waals surface area contributed by atoms with Crippen molar-refractivity contribution < 1.29 is 27.9 Å². The van der Waals surface area contributed by atoms with Crippen molar-refractivity contribution in [2.75, 3.05) is 26.7 Å². The molecule has 0 saturated heterocycles. The fraction of sp³-hybridized carbons (Fsp3) is 0.250. The lowest BCUT2D eigenvalue weighted by atomic mass is 10.2. The van der Waals surface area contributed by atoms with Crippen molar-refractivity contribution >= 4 is 33.4 Å². The number of pyridine rings is 2. The van der Waals surface area contributed by atoms with E-state index in [1.807, 2.05) is 0 Å². The molecule has 0 spiro atoms. The minimum absolute atomic E-state index is 0.00943. The van der Waals surface area contributed by atoms with Gasteiger partial charge in [-0.25, -0.2) is 8.42 Å². The van der Waals surface area contributed by atoms with Crippen LogP contribution in [0.4, 0.5) is 0 Å². The van der Waals surface area contributed by atoms with Gasteiger partial charge in [-0.1, -0.05) is 18.2 Å². The molecule has 38 heavy (non-hydrogen) atoms. The van der Waals surface area contributed by atoms with Gasteiger partial charge in [-0.15, -0.1) is 0 Å². The Kier molecular flexibility index (Phi) is 9.04. The van der Waals surface area contributed by atoms with E-state index < -0.39 is 40.0 Å². The third-order valence-electron chi connectivity index (χ3n) is 5.50. The van der Waals surface area contributed by atoms with Gasteiger partial charge in [0.25, 0.3) is 11.5 Å². The fourth-order valence-electron chi connectivity index (χ4n) is 3.47. The first-order chi connectivity index (χ1) is 18.0. The number of carboxylic acid groups (broad SMARTS) is 1. The van der Waals surface area contributed by atoms with E-state index in [4.69, 9.17) is 16.2 Å². The monoisotopic (exact) mass is 544 g/mol. The van der Waals surface area contributed by atoms with Crippen molar-refractivity contribution in [3.8, 4) is 5.75 Å². The Labute approximate surface area is 218 Å². The third-order valence-corrected chi connectivity index (χ3v) is 7.38. The highest BCUT2D eigenvalue weighted by atomic mass is 32.2. The highest BCUT2D eigenvalue weighted by molar-refractivity contribution is 7.89. The van der Waals surface area contributed by atoms with Crippen LogP contribution in [0.2, 0.25) is 0 Å². The third kappa shape index (κ3) is 6.86. The van der Waals surface area contributed by atoms with Crippen LogP contribution < -0.4 is 27.1 Å². The Hall–Kier alpha value is -4.43. The molecule has 0 aliphatic rings. The van der Waals surface area contributed by atoms with E-state index in [2.05, 4.69) is 10.3 Å². The molecule has 0 radical (unpaired) electrons. The van der Waals surface area contributed by atoms with Gasteiger partial charge in [-0.3, -0.25) is 23.8 Å². The molecule has 0 aliphatic heterocycles. The number of carbonyl (C=O) groups excluding carboxylic acids is 1. The number of carbonyl (C=O) groups is 2. The SMILES string of the molecule is CN(C(CNC(=O)c1cc(=O)n2cc(OCCCN=C(N)N)ccc2c1)C(=O)O)S(=O)(=O)c1ccccc1. The van der Waals surface area contributed by atoms with E-state index in [9.17, 15) is 27.9 Å². The number of sulfonamides is 1. The average molecular weight is 545 g/mol. The molecule has 1 unspecified atom stereocenters. The number of aliphatic carboxylic acids is 1. The molecule has 2 heterocycles. The predicted molar refractivity (Wildman–Crippen MR) is 140 cm³/mol. The number of aliphatic imine (C=N–C) groups is 1. The van der Waals surface area contributed by atoms with Gasteiger partial charge in [0.1, 0.15) is 11.8 Å². The minimum Gasteiger partial charge on any atom is -0.492 e. The van der Waals surface area contributed by atoms with E-state index in [0.717, 1.165) is 13.1 Å². The summed E-state index contributed by atoms with van der Waals surface area (Å²) in [5, 5.41) is 12.0. The first kappa shape index (κ1) is 28.1. The Morgan fingerprint density at radius 3 is 2.53 bits per heavy atom. The quantitative estimate of drug-likeness (QED) is 0.136. The Morgan fingerprint density at radius 1 is 1.16 bits per heavy atom. The van der Waals surface area contributed by atoms with Crippen molar-refractivity contribution in [1.29, 1.82) is 0 Å². The first-order valence-electron chi connectivity index (χ1n) is 11.4. The molecule has 6 N–H and O–H groups in total. The molecule has 1 atom stereocenters. The van der Waals surface area contributed by atoms with Crippen molar-refractivity contribution in [1.82, 2.24) is 14.0 Å². The Balaban J connectivity index is 1.70. The van der Waals surface area contributed by atoms with E-state index in [0.29, 0.717) is 35.1 Å². The number of amides is 1. The lowest BCUT2D eigenvalue weighted by molar-refractivity contribution is -0.140. The summed E-state index contributed by atoms with van der Waals surface area (Å²) in [4.78, 5) is 41.0. The Bertz CT molecular complexity index is 1500. The molecule has 0 saturated carbocycles. The standard InChI is InChI=1S/C24H28N6O7S/c1-29(38(35,36)19-6-3-2-4-7-19)20(23(33)34)14-28-22(32)16-12-17-8-9-18(15-30(17)21(31)13-16)37-11-5-10-27-24(25)26/h2-4,6-9,12-13,15,20H,5,10-11,14H2,1H3,(H,28,32)(H,33,34)(H4,25,26,27). The molecule has 14 heteroatoms. The number of rotatable bonds is 12. The van der Waals surface area contributed by atoms with E-state index in [-0.39, 0.29) is 16.4 Å². The zero-order valence-electron chi connectivity index (χ0n) is 20.5. The molecule has 1 aromatic carbocycles. The molecule has 0 bridgehead atoms. The largest absolute Gasteiger partial charge is 0.492 e. The average Bonchev–Trinajstić information content (AvgIpc) is 2.88. The number of hydrogen-bond acceptors (Lipinski definition) is 7. The number of nitrogens with one attached hydrogen (secondary N) is 1. The number of ether oxygens (including phenoxy) is 1. The molecule has 3 rings (SSSR count). The van der Waals surface area contributed by atoms with Gasteiger partial charge in [-0.05, 0) is 30.3 Å². The van der Waals surface area contributed by atoms with Gasteiger partial charge >= 0.3 is 5.97 Å². The summed E-state index contributed by atoms with van der Waals surface area (Å²) in [5.41, 5.74) is 10.4. The van der Waals surface area contributed by atoms with Crippen LogP contribution >= 0.6 is 0 Å². The highest BCUT2D eigenvalue weighted by Gasteiger charge is 2.33. The molecule has 0 aliphatic carbocycles. The summed E-state index contributed by atoms with van der Waals surface area (Å²) in [6.45, 7) is 0.185. The number of hydrogen-bond donors (Lipinski definition) is 4. The van der Waals surface area contributed by atoms with E-state index in [1.54, 1.807) is 18.2 Å². The van der Waals surface area contributed by atoms with E-state index in [1.165, 1.54) is 40.9 Å². The maximum atomic E-state index is 12.8. The van der Waals surface area contributed by atoms with Crippen LogP contribution in [0.25, 0.3) is 5.52 Å². The number of likely N-dealkylation sites (N-methyl/N-ethyl adjacent to an activating group) is 1. The maximum Gasteiger partial charge on any atom is 0.323 e. The van der Waals surface area contributed by atoms with Gasteiger partial charge < -0.3 is 26.6 Å². The highest BCUT2D eigenvalue weighted by Crippen LogP contribution is 2.17. The lowest BCUT2D eigenvalue weighted by Crippen LogP contribution is -2.49. The van der Waals surface area contributed by atoms with Gasteiger partial charge in [0.2, 0.25) is 10.0 Å². The summed E-state index contributed by atoms with van der Waals surface area (Å²) in [7, 11) is -3.01. The van der Waals surface area contributed by atoms with Crippen LogP contribution in [0.3, 0.4) is 0 Å². The molecular weight excluding hydrogens is 516 g/mol. The summed E-state index contributed by atoms with van der Waals surface area (Å²) < 4.78 is 33.2. The van der Waals surface area contributed by atoms with E-state index >= 15 is 0 Å². The number of nitrogens with zero attached hydrogens (tertiary/aromatic N) is 3. The van der Waals surface area contributed by atoms with Crippen LogP contribution in [0.15, 0.2) is 75.5 Å². The van der Waals surface area contributed by atoms with Crippen molar-refractivity contribution in [2.24, 2.45) is 16.5 Å².